The summed E-state index contributed by atoms with van der Waals surface area (Å²) >= 11 is 1.09. The maximum Gasteiger partial charge on any atom is 0.325 e. The summed E-state index contributed by atoms with van der Waals surface area (Å²) in [7, 11) is 1.51. The summed E-state index contributed by atoms with van der Waals surface area (Å²) in [5.41, 5.74) is 0.242. The largest absolute Gasteiger partial charge is 0.465 e. The number of likely N-dealkylation sites (N-methyl/N-ethyl adjacent to an activating group) is 1. The van der Waals surface area contributed by atoms with Gasteiger partial charge in [-0.25, -0.2) is 0 Å². The molecule has 7 heteroatoms. The summed E-state index contributed by atoms with van der Waals surface area (Å²) < 4.78 is 8.28. The second-order valence-electron chi connectivity index (χ2n) is 2.76. The van der Waals surface area contributed by atoms with E-state index in [1.54, 1.807) is 6.92 Å². The van der Waals surface area contributed by atoms with E-state index in [0.717, 1.165) is 11.5 Å². The summed E-state index contributed by atoms with van der Waals surface area (Å²) in [5.74, 6) is -0.770. The van der Waals surface area contributed by atoms with Crippen molar-refractivity contribution in [1.82, 2.24) is 14.5 Å². The zero-order valence-electron chi connectivity index (χ0n) is 8.47. The van der Waals surface area contributed by atoms with Crippen molar-refractivity contribution in [1.29, 1.82) is 0 Å². The molecule has 0 radical (unpaired) electrons. The van der Waals surface area contributed by atoms with Crippen LogP contribution < -0.4 is 0 Å². The Morgan fingerprint density at radius 1 is 1.60 bits per heavy atom. The van der Waals surface area contributed by atoms with E-state index < -0.39 is 5.97 Å². The number of esters is 1. The topological polar surface area (TPSA) is 72.4 Å². The number of rotatable bonds is 4. The average Bonchev–Trinajstić information content (AvgIpc) is 2.69. The molecule has 0 saturated heterocycles. The highest BCUT2D eigenvalue weighted by Crippen LogP contribution is 2.01. The van der Waals surface area contributed by atoms with Gasteiger partial charge in [0.2, 0.25) is 0 Å². The van der Waals surface area contributed by atoms with Crippen LogP contribution >= 0.6 is 11.5 Å². The lowest BCUT2D eigenvalue weighted by molar-refractivity contribution is -0.143. The normalized spacial score (nSPS) is 9.73. The molecule has 1 aromatic rings. The Labute approximate surface area is 91.0 Å². The van der Waals surface area contributed by atoms with E-state index in [2.05, 4.69) is 9.59 Å². The van der Waals surface area contributed by atoms with E-state index in [1.807, 2.05) is 0 Å². The minimum Gasteiger partial charge on any atom is -0.465 e. The van der Waals surface area contributed by atoms with Crippen molar-refractivity contribution in [3.05, 3.63) is 11.1 Å². The Morgan fingerprint density at radius 2 is 2.33 bits per heavy atom. The van der Waals surface area contributed by atoms with Gasteiger partial charge < -0.3 is 9.64 Å². The van der Waals surface area contributed by atoms with Crippen LogP contribution in [-0.4, -0.2) is 46.6 Å². The van der Waals surface area contributed by atoms with Gasteiger partial charge in [-0.1, -0.05) is 4.49 Å². The predicted octanol–water partition coefficient (Wildman–Crippen LogP) is 0.173. The molecule has 6 nitrogen and oxygen atoms in total. The zero-order valence-corrected chi connectivity index (χ0v) is 9.28. The molecule has 1 aromatic heterocycles. The second-order valence-corrected chi connectivity index (χ2v) is 3.37. The van der Waals surface area contributed by atoms with E-state index in [9.17, 15) is 9.59 Å². The molecule has 0 saturated carbocycles. The fraction of sp³-hybridized carbons (Fsp3) is 0.500. The van der Waals surface area contributed by atoms with Gasteiger partial charge in [0, 0.05) is 12.4 Å². The van der Waals surface area contributed by atoms with Crippen molar-refractivity contribution < 1.29 is 14.3 Å². The molecule has 0 aliphatic rings. The van der Waals surface area contributed by atoms with E-state index >= 15 is 0 Å². The minimum atomic E-state index is -0.434. The van der Waals surface area contributed by atoms with Crippen molar-refractivity contribution in [2.24, 2.45) is 0 Å². The monoisotopic (exact) mass is 229 g/mol. The first-order valence-corrected chi connectivity index (χ1v) is 5.17. The SMILES string of the molecule is CCOC(=O)CN(C)C(=O)c1csnn1. The lowest BCUT2D eigenvalue weighted by Crippen LogP contribution is -2.33. The third-order valence-electron chi connectivity index (χ3n) is 1.60. The molecule has 0 unspecified atom stereocenters. The van der Waals surface area contributed by atoms with Crippen LogP contribution in [0.15, 0.2) is 5.38 Å². The number of hydrogen-bond donors (Lipinski definition) is 0. The third-order valence-corrected chi connectivity index (χ3v) is 2.10. The van der Waals surface area contributed by atoms with Crippen LogP contribution in [-0.2, 0) is 9.53 Å². The quantitative estimate of drug-likeness (QED) is 0.688. The van der Waals surface area contributed by atoms with Crippen molar-refractivity contribution in [2.75, 3.05) is 20.2 Å². The molecule has 0 atom stereocenters. The van der Waals surface area contributed by atoms with Gasteiger partial charge in [-0.15, -0.1) is 5.10 Å². The van der Waals surface area contributed by atoms with Crippen LogP contribution in [0.25, 0.3) is 0 Å². The van der Waals surface area contributed by atoms with Crippen LogP contribution in [0.3, 0.4) is 0 Å². The van der Waals surface area contributed by atoms with Gasteiger partial charge in [0.25, 0.3) is 5.91 Å². The van der Waals surface area contributed by atoms with Crippen molar-refractivity contribution in [2.45, 2.75) is 6.92 Å². The lowest BCUT2D eigenvalue weighted by atomic mass is 10.4. The van der Waals surface area contributed by atoms with Gasteiger partial charge >= 0.3 is 5.97 Å². The molecule has 1 heterocycles. The Morgan fingerprint density at radius 3 is 2.87 bits per heavy atom. The van der Waals surface area contributed by atoms with Gasteiger partial charge in [-0.05, 0) is 18.5 Å². The number of amides is 1. The standard InChI is InChI=1S/C8H11N3O3S/c1-3-14-7(12)4-11(2)8(13)6-5-15-10-9-6/h5H,3-4H2,1-2H3. The molecule has 0 aliphatic heterocycles. The van der Waals surface area contributed by atoms with Crippen LogP contribution in [0, 0.1) is 0 Å². The highest BCUT2D eigenvalue weighted by Gasteiger charge is 2.17. The van der Waals surface area contributed by atoms with Gasteiger partial charge in [0.05, 0.1) is 6.61 Å². The number of ether oxygens (including phenoxy) is 1. The molecular formula is C8H11N3O3S. The predicted molar refractivity (Wildman–Crippen MR) is 53.5 cm³/mol. The number of hydrogen-bond acceptors (Lipinski definition) is 6. The van der Waals surface area contributed by atoms with E-state index in [0.29, 0.717) is 6.61 Å². The zero-order chi connectivity index (χ0) is 11.3. The van der Waals surface area contributed by atoms with Crippen LogP contribution in [0.4, 0.5) is 0 Å². The summed E-state index contributed by atoms with van der Waals surface area (Å²) in [6.07, 6.45) is 0. The molecule has 1 amide bonds. The molecule has 0 aromatic carbocycles. The second kappa shape index (κ2) is 5.40. The molecule has 82 valence electrons. The van der Waals surface area contributed by atoms with Crippen LogP contribution in [0.2, 0.25) is 0 Å². The highest BCUT2D eigenvalue weighted by molar-refractivity contribution is 7.03. The summed E-state index contributed by atoms with van der Waals surface area (Å²) in [5, 5.41) is 5.15. The first kappa shape index (κ1) is 11.6. The maximum atomic E-state index is 11.6. The third kappa shape index (κ3) is 3.28. The maximum absolute atomic E-state index is 11.6. The van der Waals surface area contributed by atoms with Gasteiger partial charge in [0.1, 0.15) is 6.54 Å². The lowest BCUT2D eigenvalue weighted by Gasteiger charge is -2.13. The number of aromatic nitrogens is 2. The minimum absolute atomic E-state index is 0.0792. The van der Waals surface area contributed by atoms with E-state index in [-0.39, 0.29) is 18.1 Å². The summed E-state index contributed by atoms with van der Waals surface area (Å²) in [4.78, 5) is 23.9. The first-order chi connectivity index (χ1) is 7.15. The van der Waals surface area contributed by atoms with E-state index in [4.69, 9.17) is 4.74 Å². The molecule has 0 aliphatic carbocycles. The Hall–Kier alpha value is -1.50. The van der Waals surface area contributed by atoms with Gasteiger partial charge in [-0.3, -0.25) is 9.59 Å². The number of carbonyl (C=O) groups is 2. The smallest absolute Gasteiger partial charge is 0.325 e. The molecular weight excluding hydrogens is 218 g/mol. The highest BCUT2D eigenvalue weighted by atomic mass is 32.1. The fourth-order valence-corrected chi connectivity index (χ4v) is 1.36. The van der Waals surface area contributed by atoms with Gasteiger partial charge in [-0.2, -0.15) is 0 Å². The van der Waals surface area contributed by atoms with Crippen molar-refractivity contribution >= 4 is 23.4 Å². The first-order valence-electron chi connectivity index (χ1n) is 4.33. The van der Waals surface area contributed by atoms with Crippen molar-refractivity contribution in [3.63, 3.8) is 0 Å². The Bertz CT molecular complexity index is 339. The number of nitrogens with zero attached hydrogens (tertiary/aromatic N) is 3. The Kier molecular flexibility index (Phi) is 4.17. The fourth-order valence-electron chi connectivity index (χ4n) is 0.925. The average molecular weight is 229 g/mol. The van der Waals surface area contributed by atoms with Crippen molar-refractivity contribution in [3.8, 4) is 0 Å². The van der Waals surface area contributed by atoms with Crippen LogP contribution in [0.5, 0.6) is 0 Å². The summed E-state index contributed by atoms with van der Waals surface area (Å²) in [6, 6.07) is 0. The molecule has 0 fully saturated rings. The van der Waals surface area contributed by atoms with Gasteiger partial charge in [0.15, 0.2) is 5.69 Å². The Balaban J connectivity index is 2.51. The van der Waals surface area contributed by atoms with E-state index in [1.165, 1.54) is 17.3 Å². The molecule has 1 rings (SSSR count). The van der Waals surface area contributed by atoms with Crippen LogP contribution in [0.1, 0.15) is 17.4 Å². The summed E-state index contributed by atoms with van der Waals surface area (Å²) in [6.45, 7) is 1.94. The molecule has 0 bridgehead atoms. The number of carbonyl (C=O) groups excluding carboxylic acids is 2. The molecule has 0 N–H and O–H groups in total. The molecule has 15 heavy (non-hydrogen) atoms. The molecule has 0 spiro atoms.